The topological polar surface area (TPSA) is 211 Å². The van der Waals surface area contributed by atoms with Crippen molar-refractivity contribution >= 4 is 30.2 Å². The third-order valence-electron chi connectivity index (χ3n) is 15.4. The lowest BCUT2D eigenvalue weighted by Crippen LogP contribution is -2.59. The van der Waals surface area contributed by atoms with Gasteiger partial charge >= 0.3 is 24.2 Å². The van der Waals surface area contributed by atoms with Crippen molar-refractivity contribution in [1.29, 1.82) is 0 Å². The summed E-state index contributed by atoms with van der Waals surface area (Å²) < 4.78 is 21.1. The van der Waals surface area contributed by atoms with Crippen LogP contribution in [0.4, 0.5) is 14.4 Å². The van der Waals surface area contributed by atoms with Crippen molar-refractivity contribution < 1.29 is 53.1 Å². The number of rotatable bonds is 8. The lowest BCUT2D eigenvalue weighted by molar-refractivity contribution is -0.151. The second-order valence-corrected chi connectivity index (χ2v) is 24.3. The van der Waals surface area contributed by atoms with Crippen molar-refractivity contribution in [1.82, 2.24) is 34.3 Å². The van der Waals surface area contributed by atoms with E-state index >= 15 is 0 Å². The smallest absolute Gasteiger partial charge is 0.410 e. The number of primary amides is 1. The highest BCUT2D eigenvalue weighted by Crippen LogP contribution is 2.32. The molecule has 8 atom stereocenters. The Labute approximate surface area is 431 Å². The van der Waals surface area contributed by atoms with Crippen LogP contribution in [0.2, 0.25) is 0 Å². The van der Waals surface area contributed by atoms with E-state index in [9.17, 15) is 34.2 Å². The molecule has 8 rings (SSSR count). The van der Waals surface area contributed by atoms with E-state index in [1.807, 2.05) is 62.3 Å². The van der Waals surface area contributed by atoms with Crippen LogP contribution >= 0.6 is 0 Å². The molecule has 0 aromatic heterocycles. The summed E-state index contributed by atoms with van der Waals surface area (Å²) >= 11 is 0. The van der Waals surface area contributed by atoms with E-state index in [2.05, 4.69) is 19.6 Å². The van der Waals surface area contributed by atoms with Crippen molar-refractivity contribution in [2.75, 3.05) is 112 Å². The zero-order chi connectivity index (χ0) is 53.0. The number of nitrogens with zero attached hydrogens (tertiary/aromatic N) is 7. The number of aliphatic hydroxyl groups is 2. The summed E-state index contributed by atoms with van der Waals surface area (Å²) in [5, 5.41) is 18.8. The monoisotopic (exact) mass is 1020 g/mol. The van der Waals surface area contributed by atoms with Gasteiger partial charge in [-0.3, -0.25) is 29.2 Å². The van der Waals surface area contributed by atoms with E-state index < -0.39 is 16.8 Å². The zero-order valence-corrected chi connectivity index (χ0v) is 46.0. The second kappa shape index (κ2) is 26.8. The van der Waals surface area contributed by atoms with Crippen molar-refractivity contribution in [3.8, 4) is 0 Å². The molecule has 0 radical (unpaired) electrons. The molecule has 4 N–H and O–H groups in total. The number of aliphatic hydroxyl groups excluding tert-OH is 2. The van der Waals surface area contributed by atoms with Crippen LogP contribution < -0.4 is 5.73 Å². The van der Waals surface area contributed by atoms with Gasteiger partial charge in [-0.25, -0.2) is 14.4 Å². The van der Waals surface area contributed by atoms with E-state index in [4.69, 9.17) is 24.7 Å². The molecule has 1 saturated carbocycles. The molecule has 19 nitrogen and oxygen atoms in total. The molecule has 7 aliphatic heterocycles. The molecule has 414 valence electrons. The maximum atomic E-state index is 12.2. The third-order valence-corrected chi connectivity index (χ3v) is 15.4. The minimum absolute atomic E-state index is 0.139. The summed E-state index contributed by atoms with van der Waals surface area (Å²) in [6.45, 7) is 29.5. The van der Waals surface area contributed by atoms with Crippen molar-refractivity contribution in [2.24, 2.45) is 29.4 Å². The van der Waals surface area contributed by atoms with Gasteiger partial charge in [-0.1, -0.05) is 12.8 Å². The first kappa shape index (κ1) is 59.4. The highest BCUT2D eigenvalue weighted by molar-refractivity contribution is 5.79. The van der Waals surface area contributed by atoms with Crippen LogP contribution in [0.3, 0.4) is 0 Å². The number of carbonyl (C=O) groups excluding carboxylic acids is 5. The quantitative estimate of drug-likeness (QED) is 0.219. The van der Waals surface area contributed by atoms with Gasteiger partial charge in [-0.05, 0) is 178 Å². The number of esters is 1. The molecule has 0 aromatic carbocycles. The minimum Gasteiger partial charge on any atom is -0.469 e. The van der Waals surface area contributed by atoms with Crippen LogP contribution in [0.5, 0.6) is 0 Å². The predicted molar refractivity (Wildman–Crippen MR) is 275 cm³/mol. The third kappa shape index (κ3) is 17.6. The highest BCUT2D eigenvalue weighted by Gasteiger charge is 2.44. The first-order valence-corrected chi connectivity index (χ1v) is 27.4. The zero-order valence-electron chi connectivity index (χ0n) is 46.0. The van der Waals surface area contributed by atoms with Crippen molar-refractivity contribution in [3.63, 3.8) is 0 Å². The maximum Gasteiger partial charge on any atom is 0.410 e. The summed E-state index contributed by atoms with van der Waals surface area (Å²) in [7, 11) is 1.40. The van der Waals surface area contributed by atoms with Crippen LogP contribution in [-0.2, 0) is 28.5 Å². The van der Waals surface area contributed by atoms with Gasteiger partial charge in [0.25, 0.3) is 0 Å². The molecule has 4 amide bonds. The van der Waals surface area contributed by atoms with Gasteiger partial charge in [-0.2, -0.15) is 0 Å². The number of ether oxygens (including phenoxy) is 4. The minimum atomic E-state index is -0.522. The van der Waals surface area contributed by atoms with Crippen LogP contribution in [0, 0.1) is 23.7 Å². The van der Waals surface area contributed by atoms with Gasteiger partial charge in [0.1, 0.15) is 16.8 Å². The Morgan fingerprint density at radius 2 is 0.778 bits per heavy atom. The van der Waals surface area contributed by atoms with Crippen LogP contribution in [0.15, 0.2) is 0 Å². The SMILES string of the molecule is CC(C)(C)OC(=O)N1CC[C@H](N2CCC2)C(C(N)=O)C1.CC(C)(C)OC(=O)N1CC[C@H](N2CCC2)C(CO)C1.COC(=O)C1CN(C(=O)OC(C)(C)C)CC[C@@H]1N1CCC1.OCC1CCCC[C@@H]1N1CCC1. The Balaban J connectivity index is 0.000000181. The average Bonchev–Trinajstić information content (AvgIpc) is 3.23. The Kier molecular flexibility index (Phi) is 22.1. The second-order valence-electron chi connectivity index (χ2n) is 24.3. The Morgan fingerprint density at radius 3 is 1.12 bits per heavy atom. The lowest BCUT2D eigenvalue weighted by atomic mass is 9.83. The summed E-state index contributed by atoms with van der Waals surface area (Å²) in [5.74, 6) is -0.399. The average molecular weight is 1020 g/mol. The van der Waals surface area contributed by atoms with Crippen molar-refractivity contribution in [3.05, 3.63) is 0 Å². The normalized spacial score (nSPS) is 29.5. The molecular weight excluding hydrogens is 925 g/mol. The van der Waals surface area contributed by atoms with Gasteiger partial charge in [-0.15, -0.1) is 0 Å². The van der Waals surface area contributed by atoms with Gasteiger partial charge in [0.15, 0.2) is 0 Å². The molecule has 19 heteroatoms. The Morgan fingerprint density at radius 1 is 0.444 bits per heavy atom. The number of hydrogen-bond donors (Lipinski definition) is 3. The van der Waals surface area contributed by atoms with Gasteiger partial charge < -0.3 is 49.6 Å². The number of likely N-dealkylation sites (tertiary alicyclic amines) is 7. The predicted octanol–water partition coefficient (Wildman–Crippen LogP) is 4.85. The fraction of sp³-hybridized carbons (Fsp3) is 0.906. The fourth-order valence-electron chi connectivity index (χ4n) is 11.1. The molecule has 0 spiro atoms. The number of carbonyl (C=O) groups is 5. The number of nitrogens with two attached hydrogens (primary N) is 1. The number of methoxy groups -OCH3 is 1. The van der Waals surface area contributed by atoms with Gasteiger partial charge in [0, 0.05) is 82.6 Å². The van der Waals surface area contributed by atoms with E-state index in [0.29, 0.717) is 51.3 Å². The van der Waals surface area contributed by atoms with E-state index in [1.54, 1.807) is 14.7 Å². The largest absolute Gasteiger partial charge is 0.469 e. The van der Waals surface area contributed by atoms with Crippen LogP contribution in [0.25, 0.3) is 0 Å². The molecule has 7 heterocycles. The molecule has 0 aromatic rings. The molecule has 7 saturated heterocycles. The molecule has 8 fully saturated rings. The van der Waals surface area contributed by atoms with Crippen molar-refractivity contribution in [2.45, 2.75) is 174 Å². The first-order chi connectivity index (χ1) is 33.9. The highest BCUT2D eigenvalue weighted by atomic mass is 16.6. The molecule has 1 aliphatic carbocycles. The molecule has 0 bridgehead atoms. The molecule has 8 aliphatic rings. The number of hydrogen-bond acceptors (Lipinski definition) is 15. The maximum absolute atomic E-state index is 12.2. The molecular formula is C53H96N8O11. The summed E-state index contributed by atoms with van der Waals surface area (Å²) in [5.41, 5.74) is 4.02. The lowest BCUT2D eigenvalue weighted by Gasteiger charge is -2.46. The number of piperidine rings is 3. The van der Waals surface area contributed by atoms with Gasteiger partial charge in [0.05, 0.1) is 18.9 Å². The Bertz CT molecular complexity index is 1740. The van der Waals surface area contributed by atoms with E-state index in [0.717, 1.165) is 71.1 Å². The van der Waals surface area contributed by atoms with Crippen LogP contribution in [-0.4, -0.2) is 228 Å². The molecule has 4 unspecified atom stereocenters. The van der Waals surface area contributed by atoms with E-state index in [-0.39, 0.29) is 66.6 Å². The summed E-state index contributed by atoms with van der Waals surface area (Å²) in [6.07, 6.45) is 11.8. The fourth-order valence-corrected chi connectivity index (χ4v) is 11.1. The first-order valence-electron chi connectivity index (χ1n) is 27.4. The summed E-state index contributed by atoms with van der Waals surface area (Å²) in [4.78, 5) is 74.6. The Hall–Kier alpha value is -3.49. The van der Waals surface area contributed by atoms with Crippen LogP contribution in [0.1, 0.15) is 133 Å². The van der Waals surface area contributed by atoms with E-state index in [1.165, 1.54) is 71.6 Å². The summed E-state index contributed by atoms with van der Waals surface area (Å²) in [6, 6.07) is 1.51. The standard InChI is InChI=1S/C15H26N2O4.C14H25N3O3.C14H26N2O3.C10H19NO/c1-15(2,3)21-14(19)17-9-6-12(16-7-5-8-16)11(10-17)13(18)20-4;1-14(2,3)20-13(19)17-8-5-11(16-6-4-7-16)10(9-17)12(15)18;1-14(2,3)19-13(18)16-8-5-12(11(9-16)10-17)15-6-4-7-15;12-8-9-4-1-2-5-10(9)11-6-3-7-11/h11-12H,5-10H2,1-4H3;10-11H,4-9H2,1-3H3,(H2,15,18);11-12,17H,4-10H2,1-3H3;9-10,12H,1-8H2/t11?,12-;10?,11-;11?,12-;9?,10-/m0000/s1. The van der Waals surface area contributed by atoms with Gasteiger partial charge in [0.2, 0.25) is 5.91 Å². The molecule has 72 heavy (non-hydrogen) atoms. The number of amides is 4.